The van der Waals surface area contributed by atoms with Crippen LogP contribution in [0.1, 0.15) is 0 Å². The lowest BCUT2D eigenvalue weighted by molar-refractivity contribution is 0.432. The van der Waals surface area contributed by atoms with Gasteiger partial charge in [-0.1, -0.05) is 11.2 Å². The fraction of sp³-hybridized carbons (Fsp3) is 0. The average Bonchev–Trinajstić information content (AvgIpc) is 3.28. The van der Waals surface area contributed by atoms with E-state index in [0.717, 1.165) is 20.6 Å². The first kappa shape index (κ1) is 13.5. The highest BCUT2D eigenvalue weighted by molar-refractivity contribution is 9.10. The summed E-state index contributed by atoms with van der Waals surface area (Å²) in [6, 6.07) is 14.0. The summed E-state index contributed by atoms with van der Waals surface area (Å²) in [4.78, 5) is 5.47. The highest BCUT2D eigenvalue weighted by Crippen LogP contribution is 2.32. The van der Waals surface area contributed by atoms with Crippen molar-refractivity contribution >= 4 is 27.3 Å². The monoisotopic (exact) mass is 371 g/mol. The van der Waals surface area contributed by atoms with Crippen LogP contribution in [0.25, 0.3) is 27.8 Å². The van der Waals surface area contributed by atoms with E-state index in [4.69, 9.17) is 4.52 Å². The molecule has 0 bridgehead atoms. The molecule has 1 aromatic carbocycles. The summed E-state index contributed by atoms with van der Waals surface area (Å²) < 4.78 is 8.43. The highest BCUT2D eigenvalue weighted by Gasteiger charge is 2.14. The second-order valence-electron chi connectivity index (χ2n) is 4.66. The number of nitrogens with zero attached hydrogens (tertiary/aromatic N) is 3. The Kier molecular flexibility index (Phi) is 3.40. The van der Waals surface area contributed by atoms with Crippen molar-refractivity contribution in [1.29, 1.82) is 0 Å². The third-order valence-electron chi connectivity index (χ3n) is 3.24. The van der Waals surface area contributed by atoms with Gasteiger partial charge in [0.15, 0.2) is 0 Å². The molecule has 0 radical (unpaired) electrons. The molecule has 0 amide bonds. The topological polar surface area (TPSA) is 43.9 Å². The van der Waals surface area contributed by atoms with E-state index >= 15 is 0 Å². The van der Waals surface area contributed by atoms with Crippen LogP contribution in [0.15, 0.2) is 69.2 Å². The van der Waals surface area contributed by atoms with Gasteiger partial charge in [-0.05, 0) is 57.7 Å². The normalized spacial score (nSPS) is 11.0. The second-order valence-corrected chi connectivity index (χ2v) is 6.43. The minimum absolute atomic E-state index is 0.518. The molecule has 0 saturated carbocycles. The molecule has 108 valence electrons. The van der Waals surface area contributed by atoms with Crippen molar-refractivity contribution in [2.75, 3.05) is 0 Å². The Morgan fingerprint density at radius 2 is 1.95 bits per heavy atom. The van der Waals surface area contributed by atoms with E-state index in [2.05, 4.69) is 26.1 Å². The van der Waals surface area contributed by atoms with Gasteiger partial charge in [-0.15, -0.1) is 11.3 Å². The van der Waals surface area contributed by atoms with E-state index in [0.29, 0.717) is 11.7 Å². The summed E-state index contributed by atoms with van der Waals surface area (Å²) in [6.07, 6.45) is 4.00. The lowest BCUT2D eigenvalue weighted by Gasteiger charge is -2.03. The van der Waals surface area contributed by atoms with Crippen LogP contribution in [0.4, 0.5) is 0 Å². The number of benzene rings is 1. The van der Waals surface area contributed by atoms with Crippen molar-refractivity contribution < 1.29 is 4.52 Å². The average molecular weight is 372 g/mol. The van der Waals surface area contributed by atoms with E-state index in [1.165, 1.54) is 0 Å². The molecule has 4 nitrogen and oxygen atoms in total. The van der Waals surface area contributed by atoms with Crippen LogP contribution in [0, 0.1) is 0 Å². The second kappa shape index (κ2) is 5.55. The van der Waals surface area contributed by atoms with Gasteiger partial charge in [0, 0.05) is 28.1 Å². The van der Waals surface area contributed by atoms with Crippen LogP contribution in [0.5, 0.6) is 0 Å². The van der Waals surface area contributed by atoms with E-state index in [9.17, 15) is 0 Å². The van der Waals surface area contributed by atoms with Crippen molar-refractivity contribution in [3.63, 3.8) is 0 Å². The third kappa shape index (κ3) is 2.40. The smallest absolute Gasteiger partial charge is 0.258 e. The SMILES string of the molecule is Brc1ccsc1-c1noc(-c2cccc(-n3cccc3)c2)n1. The molecule has 6 heteroatoms. The molecule has 0 aliphatic heterocycles. The first-order valence-electron chi connectivity index (χ1n) is 6.62. The van der Waals surface area contributed by atoms with Gasteiger partial charge >= 0.3 is 0 Å². The van der Waals surface area contributed by atoms with Gasteiger partial charge in [0.05, 0.1) is 4.88 Å². The summed E-state index contributed by atoms with van der Waals surface area (Å²) >= 11 is 5.07. The maximum atomic E-state index is 5.42. The minimum atomic E-state index is 0.518. The number of thiophene rings is 1. The number of hydrogen-bond acceptors (Lipinski definition) is 4. The maximum absolute atomic E-state index is 5.42. The van der Waals surface area contributed by atoms with Gasteiger partial charge in [-0.25, -0.2) is 0 Å². The number of aromatic nitrogens is 3. The van der Waals surface area contributed by atoms with E-state index < -0.39 is 0 Å². The molecule has 4 rings (SSSR count). The number of hydrogen-bond donors (Lipinski definition) is 0. The molecular weight excluding hydrogens is 362 g/mol. The number of halogens is 1. The standard InChI is InChI=1S/C16H10BrN3OS/c17-13-6-9-22-14(13)15-18-16(21-19-15)11-4-3-5-12(10-11)20-7-1-2-8-20/h1-10H. The first-order valence-corrected chi connectivity index (χ1v) is 8.29. The van der Waals surface area contributed by atoms with Gasteiger partial charge < -0.3 is 9.09 Å². The van der Waals surface area contributed by atoms with Gasteiger partial charge in [0.2, 0.25) is 5.82 Å². The van der Waals surface area contributed by atoms with Crippen LogP contribution in [-0.2, 0) is 0 Å². The molecule has 0 saturated heterocycles. The fourth-order valence-electron chi connectivity index (χ4n) is 2.19. The van der Waals surface area contributed by atoms with E-state index in [1.807, 2.05) is 64.8 Å². The molecule has 3 aromatic heterocycles. The van der Waals surface area contributed by atoms with Crippen molar-refractivity contribution in [2.24, 2.45) is 0 Å². The number of rotatable bonds is 3. The van der Waals surface area contributed by atoms with Crippen LogP contribution in [0.2, 0.25) is 0 Å². The Morgan fingerprint density at radius 1 is 1.09 bits per heavy atom. The van der Waals surface area contributed by atoms with E-state index in [-0.39, 0.29) is 0 Å². The fourth-order valence-corrected chi connectivity index (χ4v) is 3.67. The summed E-state index contributed by atoms with van der Waals surface area (Å²) in [5.41, 5.74) is 1.96. The van der Waals surface area contributed by atoms with Crippen LogP contribution in [0.3, 0.4) is 0 Å². The molecule has 0 atom stereocenters. The zero-order chi connectivity index (χ0) is 14.9. The van der Waals surface area contributed by atoms with Gasteiger partial charge in [-0.2, -0.15) is 4.98 Å². The Hall–Kier alpha value is -2.18. The molecule has 22 heavy (non-hydrogen) atoms. The third-order valence-corrected chi connectivity index (χ3v) is 5.08. The molecule has 0 spiro atoms. The summed E-state index contributed by atoms with van der Waals surface area (Å²) in [5.74, 6) is 1.12. The molecule has 3 heterocycles. The van der Waals surface area contributed by atoms with Crippen LogP contribution in [-0.4, -0.2) is 14.7 Å². The van der Waals surface area contributed by atoms with Crippen molar-refractivity contribution in [2.45, 2.75) is 0 Å². The maximum Gasteiger partial charge on any atom is 0.258 e. The predicted molar refractivity (Wildman–Crippen MR) is 90.1 cm³/mol. The highest BCUT2D eigenvalue weighted by atomic mass is 79.9. The first-order chi connectivity index (χ1) is 10.8. The van der Waals surface area contributed by atoms with Crippen molar-refractivity contribution in [3.8, 4) is 27.8 Å². The zero-order valence-corrected chi connectivity index (χ0v) is 13.7. The predicted octanol–water partition coefficient (Wildman–Crippen LogP) is 5.02. The Labute approximate surface area is 139 Å². The molecule has 0 aliphatic rings. The van der Waals surface area contributed by atoms with Crippen LogP contribution >= 0.6 is 27.3 Å². The lowest BCUT2D eigenvalue weighted by Crippen LogP contribution is -1.89. The molecule has 4 aromatic rings. The molecule has 0 N–H and O–H groups in total. The van der Waals surface area contributed by atoms with Gasteiger partial charge in [-0.3, -0.25) is 0 Å². The quantitative estimate of drug-likeness (QED) is 0.507. The van der Waals surface area contributed by atoms with Crippen LogP contribution < -0.4 is 0 Å². The minimum Gasteiger partial charge on any atom is -0.334 e. The Morgan fingerprint density at radius 3 is 2.73 bits per heavy atom. The van der Waals surface area contributed by atoms with Crippen molar-refractivity contribution in [3.05, 3.63) is 64.7 Å². The van der Waals surface area contributed by atoms with Gasteiger partial charge in [0.25, 0.3) is 5.89 Å². The molecule has 0 unspecified atom stereocenters. The summed E-state index contributed by atoms with van der Waals surface area (Å²) in [7, 11) is 0. The lowest BCUT2D eigenvalue weighted by atomic mass is 10.2. The molecular formula is C16H10BrN3OS. The van der Waals surface area contributed by atoms with E-state index in [1.54, 1.807) is 11.3 Å². The molecule has 0 fully saturated rings. The molecule has 0 aliphatic carbocycles. The Bertz CT molecular complexity index is 911. The van der Waals surface area contributed by atoms with Gasteiger partial charge in [0.1, 0.15) is 0 Å². The largest absolute Gasteiger partial charge is 0.334 e. The summed E-state index contributed by atoms with van der Waals surface area (Å²) in [5, 5.41) is 6.06. The zero-order valence-electron chi connectivity index (χ0n) is 11.3. The Balaban J connectivity index is 1.73. The summed E-state index contributed by atoms with van der Waals surface area (Å²) in [6.45, 7) is 0. The van der Waals surface area contributed by atoms with Crippen molar-refractivity contribution in [1.82, 2.24) is 14.7 Å².